The number of unbranched alkanes of at least 4 members (excludes halogenated alkanes) is 10. The second kappa shape index (κ2) is 17.1. The van der Waals surface area contributed by atoms with Crippen molar-refractivity contribution < 1.29 is 27.0 Å². The molecule has 0 heterocycles. The van der Waals surface area contributed by atoms with Gasteiger partial charge in [0, 0.05) is 0 Å². The lowest BCUT2D eigenvalue weighted by Gasteiger charge is -2.17. The van der Waals surface area contributed by atoms with Crippen LogP contribution in [0.1, 0.15) is 96.5 Å². The molecule has 0 amide bonds. The van der Waals surface area contributed by atoms with Gasteiger partial charge >= 0.3 is 6.18 Å². The molecule has 0 aliphatic carbocycles. The van der Waals surface area contributed by atoms with E-state index in [2.05, 4.69) is 13.8 Å². The zero-order valence-electron chi connectivity index (χ0n) is 24.5. The van der Waals surface area contributed by atoms with Gasteiger partial charge in [0.2, 0.25) is 0 Å². The van der Waals surface area contributed by atoms with Crippen molar-refractivity contribution in [2.75, 3.05) is 13.2 Å². The molecule has 0 aliphatic rings. The Hall–Kier alpha value is -3.02. The molecule has 0 unspecified atom stereocenters. The van der Waals surface area contributed by atoms with E-state index in [1.807, 2.05) is 0 Å². The number of rotatable bonds is 18. The zero-order valence-corrected chi connectivity index (χ0v) is 24.5. The van der Waals surface area contributed by atoms with Gasteiger partial charge in [-0.1, -0.05) is 114 Å². The topological polar surface area (TPSA) is 18.5 Å². The summed E-state index contributed by atoms with van der Waals surface area (Å²) in [6.45, 7) is 5.02. The first-order valence-electron chi connectivity index (χ1n) is 15.2. The Morgan fingerprint density at radius 1 is 0.561 bits per heavy atom. The predicted molar refractivity (Wildman–Crippen MR) is 160 cm³/mol. The second-order valence-corrected chi connectivity index (χ2v) is 10.6. The lowest BCUT2D eigenvalue weighted by Crippen LogP contribution is -2.10. The van der Waals surface area contributed by atoms with Crippen molar-refractivity contribution in [3.63, 3.8) is 0 Å². The Kier molecular flexibility index (Phi) is 13.5. The van der Waals surface area contributed by atoms with Crippen LogP contribution in [0, 0.1) is 5.82 Å². The summed E-state index contributed by atoms with van der Waals surface area (Å²) in [4.78, 5) is 0. The van der Waals surface area contributed by atoms with Crippen molar-refractivity contribution in [2.45, 2.75) is 97.1 Å². The van der Waals surface area contributed by atoms with Gasteiger partial charge in [0.05, 0.1) is 18.8 Å². The molecule has 3 aromatic carbocycles. The van der Waals surface area contributed by atoms with E-state index >= 15 is 0 Å². The Bertz CT molecular complexity index is 1190. The molecule has 0 radical (unpaired) electrons. The van der Waals surface area contributed by atoms with E-state index in [0.29, 0.717) is 28.9 Å². The molecule has 0 aromatic heterocycles. The maximum absolute atomic E-state index is 15.0. The van der Waals surface area contributed by atoms with Crippen molar-refractivity contribution in [2.24, 2.45) is 0 Å². The van der Waals surface area contributed by atoms with Crippen LogP contribution in [0.4, 0.5) is 17.6 Å². The highest BCUT2D eigenvalue weighted by atomic mass is 19.4. The van der Waals surface area contributed by atoms with Gasteiger partial charge in [-0.05, 0) is 59.4 Å². The van der Waals surface area contributed by atoms with Crippen LogP contribution in [-0.2, 0) is 6.18 Å². The molecule has 0 saturated carbocycles. The molecule has 224 valence electrons. The van der Waals surface area contributed by atoms with Crippen LogP contribution >= 0.6 is 0 Å². The molecular formula is C35H44F4O2. The van der Waals surface area contributed by atoms with Gasteiger partial charge in [0.1, 0.15) is 5.75 Å². The molecule has 0 bridgehead atoms. The highest BCUT2D eigenvalue weighted by molar-refractivity contribution is 5.84. The monoisotopic (exact) mass is 572 g/mol. The summed E-state index contributed by atoms with van der Waals surface area (Å²) in [6, 6.07) is 16.0. The molecule has 0 fully saturated rings. The lowest BCUT2D eigenvalue weighted by molar-refractivity contribution is -0.138. The minimum Gasteiger partial charge on any atom is -0.493 e. The van der Waals surface area contributed by atoms with Crippen molar-refractivity contribution in [1.82, 2.24) is 0 Å². The SMILES string of the molecule is CCCCCCCCOc1ccc(-c2ccccc2-c2ccc(OCCCCCCCC)c(C(F)(F)F)c2)cc1F. The molecule has 3 rings (SSSR count). The van der Waals surface area contributed by atoms with Gasteiger partial charge < -0.3 is 9.47 Å². The van der Waals surface area contributed by atoms with Gasteiger partial charge in [-0.15, -0.1) is 0 Å². The van der Waals surface area contributed by atoms with Gasteiger partial charge in [0.15, 0.2) is 11.6 Å². The number of ether oxygens (including phenoxy) is 2. The second-order valence-electron chi connectivity index (χ2n) is 10.6. The zero-order chi connectivity index (χ0) is 29.5. The summed E-state index contributed by atoms with van der Waals surface area (Å²) >= 11 is 0. The summed E-state index contributed by atoms with van der Waals surface area (Å²) in [5.74, 6) is -0.464. The molecule has 0 N–H and O–H groups in total. The molecular weight excluding hydrogens is 528 g/mol. The lowest BCUT2D eigenvalue weighted by atomic mass is 9.93. The fourth-order valence-corrected chi connectivity index (χ4v) is 4.95. The minimum atomic E-state index is -4.57. The first-order valence-corrected chi connectivity index (χ1v) is 15.2. The van der Waals surface area contributed by atoms with E-state index in [1.54, 1.807) is 42.5 Å². The van der Waals surface area contributed by atoms with Gasteiger partial charge in [-0.2, -0.15) is 13.2 Å². The number of hydrogen-bond acceptors (Lipinski definition) is 2. The summed E-state index contributed by atoms with van der Waals surface area (Å²) in [7, 11) is 0. The van der Waals surface area contributed by atoms with Crippen molar-refractivity contribution >= 4 is 0 Å². The van der Waals surface area contributed by atoms with Gasteiger partial charge in [-0.3, -0.25) is 0 Å². The number of alkyl halides is 3. The number of benzene rings is 3. The van der Waals surface area contributed by atoms with E-state index in [1.165, 1.54) is 37.8 Å². The number of halogens is 4. The van der Waals surface area contributed by atoms with Crippen LogP contribution in [-0.4, -0.2) is 13.2 Å². The van der Waals surface area contributed by atoms with E-state index in [0.717, 1.165) is 57.4 Å². The Labute approximate surface area is 243 Å². The molecule has 3 aromatic rings. The molecule has 6 heteroatoms. The average molecular weight is 573 g/mol. The third kappa shape index (κ3) is 10.4. The smallest absolute Gasteiger partial charge is 0.419 e. The van der Waals surface area contributed by atoms with E-state index in [-0.39, 0.29) is 18.1 Å². The van der Waals surface area contributed by atoms with E-state index < -0.39 is 17.6 Å². The molecule has 0 aliphatic heterocycles. The first kappa shape index (κ1) is 32.5. The Morgan fingerprint density at radius 3 is 1.54 bits per heavy atom. The third-order valence-electron chi connectivity index (χ3n) is 7.28. The highest BCUT2D eigenvalue weighted by Crippen LogP contribution is 2.41. The molecule has 2 nitrogen and oxygen atoms in total. The average Bonchev–Trinajstić information content (AvgIpc) is 2.96. The summed E-state index contributed by atoms with van der Waals surface area (Å²) in [5.41, 5.74) is 1.38. The first-order chi connectivity index (χ1) is 19.8. The van der Waals surface area contributed by atoms with Crippen LogP contribution in [0.15, 0.2) is 60.7 Å². The Balaban J connectivity index is 1.73. The largest absolute Gasteiger partial charge is 0.493 e. The van der Waals surface area contributed by atoms with Crippen LogP contribution in [0.3, 0.4) is 0 Å². The normalized spacial score (nSPS) is 11.6. The van der Waals surface area contributed by atoms with Crippen LogP contribution in [0.2, 0.25) is 0 Å². The fraction of sp³-hybridized carbons (Fsp3) is 0.486. The summed E-state index contributed by atoms with van der Waals surface area (Å²) in [5, 5.41) is 0. The fourth-order valence-electron chi connectivity index (χ4n) is 4.95. The quantitative estimate of drug-likeness (QED) is 0.111. The van der Waals surface area contributed by atoms with Crippen molar-refractivity contribution in [1.29, 1.82) is 0 Å². The maximum Gasteiger partial charge on any atom is 0.419 e. The van der Waals surface area contributed by atoms with Crippen LogP contribution in [0.5, 0.6) is 11.5 Å². The van der Waals surface area contributed by atoms with Crippen molar-refractivity contribution in [3.05, 3.63) is 72.0 Å². The van der Waals surface area contributed by atoms with Gasteiger partial charge in [-0.25, -0.2) is 4.39 Å². The van der Waals surface area contributed by atoms with Crippen LogP contribution < -0.4 is 9.47 Å². The molecule has 0 spiro atoms. The van der Waals surface area contributed by atoms with Crippen LogP contribution in [0.25, 0.3) is 22.3 Å². The predicted octanol–water partition coefficient (Wildman–Crippen LogP) is 11.7. The number of hydrogen-bond donors (Lipinski definition) is 0. The molecule has 41 heavy (non-hydrogen) atoms. The Morgan fingerprint density at radius 2 is 1.02 bits per heavy atom. The summed E-state index contributed by atoms with van der Waals surface area (Å²) < 4.78 is 68.3. The molecule has 0 atom stereocenters. The minimum absolute atomic E-state index is 0.162. The van der Waals surface area contributed by atoms with Crippen molar-refractivity contribution in [3.8, 4) is 33.8 Å². The molecule has 0 saturated heterocycles. The maximum atomic E-state index is 15.0. The standard InChI is InChI=1S/C35H44F4O2/c1-3-5-7-9-11-15-23-40-33-21-19-27(25-31(33)35(37,38)39)29-17-13-14-18-30(29)28-20-22-34(32(36)26-28)41-24-16-12-10-8-6-4-2/h13-14,17-22,25-26H,3-12,15-16,23-24H2,1-2H3. The van der Waals surface area contributed by atoms with E-state index in [9.17, 15) is 17.6 Å². The van der Waals surface area contributed by atoms with E-state index in [4.69, 9.17) is 9.47 Å². The summed E-state index contributed by atoms with van der Waals surface area (Å²) in [6.07, 6.45) is 8.31. The van der Waals surface area contributed by atoms with Gasteiger partial charge in [0.25, 0.3) is 0 Å². The highest BCUT2D eigenvalue weighted by Gasteiger charge is 2.35. The third-order valence-corrected chi connectivity index (χ3v) is 7.28.